The molecule has 0 aliphatic rings. The van der Waals surface area contributed by atoms with Gasteiger partial charge in [0.15, 0.2) is 0 Å². The first-order valence-corrected chi connectivity index (χ1v) is 7.57. The molecule has 0 saturated carbocycles. The number of hydrogen-bond acceptors (Lipinski definition) is 4. The summed E-state index contributed by atoms with van der Waals surface area (Å²) < 4.78 is 26.4. The van der Waals surface area contributed by atoms with Crippen molar-refractivity contribution in [3.8, 4) is 0 Å². The van der Waals surface area contributed by atoms with Gasteiger partial charge in [0.05, 0.1) is 5.75 Å². The average molecular weight is 272 g/mol. The molecule has 1 unspecified atom stereocenters. The molecule has 0 aromatic heterocycles. The SMILES string of the molecule is CCC(CCO)NS(=O)(=O)Cc1cccc(N)c1. The van der Waals surface area contributed by atoms with Gasteiger partial charge in [-0.05, 0) is 30.5 Å². The van der Waals surface area contributed by atoms with E-state index in [1.54, 1.807) is 24.3 Å². The number of nitrogens with one attached hydrogen (secondary N) is 1. The van der Waals surface area contributed by atoms with Gasteiger partial charge in [-0.15, -0.1) is 0 Å². The van der Waals surface area contributed by atoms with Gasteiger partial charge in [0.25, 0.3) is 0 Å². The van der Waals surface area contributed by atoms with Crippen LogP contribution in [0.2, 0.25) is 0 Å². The summed E-state index contributed by atoms with van der Waals surface area (Å²) in [7, 11) is -3.40. The van der Waals surface area contributed by atoms with Gasteiger partial charge in [-0.2, -0.15) is 0 Å². The monoisotopic (exact) mass is 272 g/mol. The van der Waals surface area contributed by atoms with Gasteiger partial charge >= 0.3 is 0 Å². The van der Waals surface area contributed by atoms with Crippen LogP contribution in [0.15, 0.2) is 24.3 Å². The third kappa shape index (κ3) is 5.03. The summed E-state index contributed by atoms with van der Waals surface area (Å²) in [5.41, 5.74) is 6.80. The van der Waals surface area contributed by atoms with Crippen LogP contribution in [0.1, 0.15) is 25.3 Å². The van der Waals surface area contributed by atoms with Crippen molar-refractivity contribution in [2.75, 3.05) is 12.3 Å². The standard InChI is InChI=1S/C12H20N2O3S/c1-2-12(6-7-15)14-18(16,17)9-10-4-3-5-11(13)8-10/h3-5,8,12,14-15H,2,6-7,9,13H2,1H3. The Labute approximate surface area is 108 Å². The van der Waals surface area contributed by atoms with E-state index in [1.165, 1.54) is 0 Å². The summed E-state index contributed by atoms with van der Waals surface area (Å²) in [6.07, 6.45) is 1.07. The molecule has 4 N–H and O–H groups in total. The summed E-state index contributed by atoms with van der Waals surface area (Å²) in [5.74, 6) is -0.0973. The fourth-order valence-corrected chi connectivity index (χ4v) is 3.19. The van der Waals surface area contributed by atoms with E-state index in [4.69, 9.17) is 10.8 Å². The Kier molecular flexibility index (Phi) is 5.58. The van der Waals surface area contributed by atoms with Gasteiger partial charge < -0.3 is 10.8 Å². The highest BCUT2D eigenvalue weighted by Crippen LogP contribution is 2.11. The Morgan fingerprint density at radius 2 is 2.17 bits per heavy atom. The maximum absolute atomic E-state index is 11.9. The number of nitrogens with two attached hydrogens (primary N) is 1. The van der Waals surface area contributed by atoms with Crippen molar-refractivity contribution >= 4 is 15.7 Å². The first-order valence-electron chi connectivity index (χ1n) is 5.92. The van der Waals surface area contributed by atoms with Crippen molar-refractivity contribution in [1.82, 2.24) is 4.72 Å². The van der Waals surface area contributed by atoms with E-state index in [0.717, 1.165) is 0 Å². The Morgan fingerprint density at radius 1 is 1.44 bits per heavy atom. The smallest absolute Gasteiger partial charge is 0.216 e. The lowest BCUT2D eigenvalue weighted by molar-refractivity contribution is 0.270. The molecule has 0 aliphatic carbocycles. The normalized spacial score (nSPS) is 13.4. The van der Waals surface area contributed by atoms with Gasteiger partial charge in [0.2, 0.25) is 10.0 Å². The number of sulfonamides is 1. The molecule has 1 atom stereocenters. The summed E-state index contributed by atoms with van der Waals surface area (Å²) in [6.45, 7) is 1.85. The number of aliphatic hydroxyl groups excluding tert-OH is 1. The predicted molar refractivity (Wildman–Crippen MR) is 72.4 cm³/mol. The van der Waals surface area contributed by atoms with Crippen molar-refractivity contribution in [3.63, 3.8) is 0 Å². The van der Waals surface area contributed by atoms with Gasteiger partial charge in [0, 0.05) is 18.3 Å². The van der Waals surface area contributed by atoms with Gasteiger partial charge in [-0.25, -0.2) is 13.1 Å². The van der Waals surface area contributed by atoms with Crippen molar-refractivity contribution in [2.45, 2.75) is 31.6 Å². The highest BCUT2D eigenvalue weighted by Gasteiger charge is 2.16. The lowest BCUT2D eigenvalue weighted by Crippen LogP contribution is -2.35. The van der Waals surface area contributed by atoms with E-state index >= 15 is 0 Å². The minimum Gasteiger partial charge on any atom is -0.399 e. The largest absolute Gasteiger partial charge is 0.399 e. The van der Waals surface area contributed by atoms with Crippen LogP contribution < -0.4 is 10.5 Å². The van der Waals surface area contributed by atoms with Crippen LogP contribution in [-0.4, -0.2) is 26.2 Å². The van der Waals surface area contributed by atoms with Crippen LogP contribution in [0.4, 0.5) is 5.69 Å². The lowest BCUT2D eigenvalue weighted by Gasteiger charge is -2.16. The molecule has 102 valence electrons. The summed E-state index contributed by atoms with van der Waals surface area (Å²) in [4.78, 5) is 0. The van der Waals surface area contributed by atoms with E-state index in [2.05, 4.69) is 4.72 Å². The zero-order chi connectivity index (χ0) is 13.6. The molecule has 1 rings (SSSR count). The van der Waals surface area contributed by atoms with Gasteiger partial charge in [-0.1, -0.05) is 19.1 Å². The molecular formula is C12H20N2O3S. The maximum atomic E-state index is 11.9. The predicted octanol–water partition coefficient (Wildman–Crippen LogP) is 0.849. The molecule has 6 heteroatoms. The number of rotatable bonds is 7. The molecule has 0 amide bonds. The Hall–Kier alpha value is -1.11. The van der Waals surface area contributed by atoms with Crippen molar-refractivity contribution in [1.29, 1.82) is 0 Å². The second-order valence-corrected chi connectivity index (χ2v) is 5.99. The fourth-order valence-electron chi connectivity index (χ4n) is 1.70. The zero-order valence-corrected chi connectivity index (χ0v) is 11.3. The molecule has 5 nitrogen and oxygen atoms in total. The summed E-state index contributed by atoms with van der Waals surface area (Å²) in [6, 6.07) is 6.59. The molecule has 0 fully saturated rings. The van der Waals surface area contributed by atoms with Crippen molar-refractivity contribution < 1.29 is 13.5 Å². The summed E-state index contributed by atoms with van der Waals surface area (Å²) in [5, 5.41) is 8.84. The van der Waals surface area contributed by atoms with Crippen molar-refractivity contribution in [2.24, 2.45) is 0 Å². The molecule has 0 aliphatic heterocycles. The van der Waals surface area contributed by atoms with E-state index in [0.29, 0.717) is 24.1 Å². The highest BCUT2D eigenvalue weighted by molar-refractivity contribution is 7.88. The molecule has 0 spiro atoms. The number of nitrogen functional groups attached to an aromatic ring is 1. The third-order valence-corrected chi connectivity index (χ3v) is 4.03. The van der Waals surface area contributed by atoms with Crippen LogP contribution in [0.25, 0.3) is 0 Å². The number of anilines is 1. The second kappa shape index (κ2) is 6.72. The zero-order valence-electron chi connectivity index (χ0n) is 10.5. The van der Waals surface area contributed by atoms with Gasteiger partial charge in [-0.3, -0.25) is 0 Å². The van der Waals surface area contributed by atoms with E-state index in [9.17, 15) is 8.42 Å². The van der Waals surface area contributed by atoms with Crippen LogP contribution in [0.3, 0.4) is 0 Å². The minimum atomic E-state index is -3.40. The molecule has 0 radical (unpaired) electrons. The Bertz CT molecular complexity index is 474. The fraction of sp³-hybridized carbons (Fsp3) is 0.500. The van der Waals surface area contributed by atoms with Crippen LogP contribution >= 0.6 is 0 Å². The van der Waals surface area contributed by atoms with Crippen LogP contribution in [-0.2, 0) is 15.8 Å². The molecule has 0 bridgehead atoms. The van der Waals surface area contributed by atoms with Crippen LogP contribution in [0.5, 0.6) is 0 Å². The molecule has 0 heterocycles. The lowest BCUT2D eigenvalue weighted by atomic mass is 10.2. The quantitative estimate of drug-likeness (QED) is 0.642. The van der Waals surface area contributed by atoms with Crippen molar-refractivity contribution in [3.05, 3.63) is 29.8 Å². The van der Waals surface area contributed by atoms with E-state index in [-0.39, 0.29) is 18.4 Å². The summed E-state index contributed by atoms with van der Waals surface area (Å²) >= 11 is 0. The number of benzene rings is 1. The number of hydrogen-bond donors (Lipinski definition) is 3. The molecular weight excluding hydrogens is 252 g/mol. The molecule has 1 aromatic rings. The molecule has 0 saturated heterocycles. The maximum Gasteiger partial charge on any atom is 0.216 e. The molecule has 18 heavy (non-hydrogen) atoms. The van der Waals surface area contributed by atoms with E-state index < -0.39 is 10.0 Å². The van der Waals surface area contributed by atoms with Gasteiger partial charge in [0.1, 0.15) is 0 Å². The highest BCUT2D eigenvalue weighted by atomic mass is 32.2. The Morgan fingerprint density at radius 3 is 2.72 bits per heavy atom. The first kappa shape index (κ1) is 14.9. The first-order chi connectivity index (χ1) is 8.46. The van der Waals surface area contributed by atoms with Crippen LogP contribution in [0, 0.1) is 0 Å². The second-order valence-electron chi connectivity index (χ2n) is 4.24. The third-order valence-electron chi connectivity index (χ3n) is 2.62. The molecule has 1 aromatic carbocycles. The topological polar surface area (TPSA) is 92.4 Å². The average Bonchev–Trinajstić information content (AvgIpc) is 2.27. The minimum absolute atomic E-state index is 0.0285. The number of aliphatic hydroxyl groups is 1. The Balaban J connectivity index is 2.70. The van der Waals surface area contributed by atoms with E-state index in [1.807, 2.05) is 6.92 Å².